The Labute approximate surface area is 197 Å². The van der Waals surface area contributed by atoms with Crippen molar-refractivity contribution >= 4 is 17.6 Å². The maximum Gasteiger partial charge on any atom is 0.306 e. The van der Waals surface area contributed by atoms with Crippen LogP contribution in [0.1, 0.15) is 52.5 Å². The molecule has 0 bridgehead atoms. The van der Waals surface area contributed by atoms with Gasteiger partial charge in [-0.1, -0.05) is 39.0 Å². The van der Waals surface area contributed by atoms with Crippen LogP contribution in [-0.2, 0) is 25.5 Å². The summed E-state index contributed by atoms with van der Waals surface area (Å²) < 4.78 is 11.3. The minimum atomic E-state index is -0.963. The molecule has 0 saturated carbocycles. The molecule has 0 spiro atoms. The smallest absolute Gasteiger partial charge is 0.306 e. The van der Waals surface area contributed by atoms with E-state index in [-0.39, 0.29) is 24.7 Å². The van der Waals surface area contributed by atoms with E-state index in [1.165, 1.54) is 0 Å². The van der Waals surface area contributed by atoms with Gasteiger partial charge in [0, 0.05) is 44.3 Å². The van der Waals surface area contributed by atoms with Gasteiger partial charge in [0.25, 0.3) is 0 Å². The topological polar surface area (TPSA) is 122 Å². The van der Waals surface area contributed by atoms with E-state index in [9.17, 15) is 14.7 Å². The number of hydrogen-bond donors (Lipinski definition) is 3. The Morgan fingerprint density at radius 3 is 2.58 bits per heavy atom. The second kappa shape index (κ2) is 11.9. The van der Waals surface area contributed by atoms with Gasteiger partial charge in [0.15, 0.2) is 6.29 Å². The monoisotopic (exact) mass is 464 g/mol. The quantitative estimate of drug-likeness (QED) is 0.407. The summed E-state index contributed by atoms with van der Waals surface area (Å²) in [5.41, 5.74) is 7.70. The molecule has 186 valence electrons. The lowest BCUT2D eigenvalue weighted by Crippen LogP contribution is -2.47. The van der Waals surface area contributed by atoms with Crippen molar-refractivity contribution in [1.82, 2.24) is 0 Å². The number of benzene rings is 1. The number of nitrogens with two attached hydrogens (primary N) is 1. The largest absolute Gasteiger partial charge is 0.481 e. The third kappa shape index (κ3) is 7.50. The number of methoxy groups -OCH3 is 1. The van der Waals surface area contributed by atoms with Crippen molar-refractivity contribution in [2.24, 2.45) is 23.0 Å². The van der Waals surface area contributed by atoms with Crippen molar-refractivity contribution in [2.45, 2.75) is 71.8 Å². The van der Waals surface area contributed by atoms with Crippen LogP contribution in [0.15, 0.2) is 24.3 Å². The molecule has 1 aliphatic heterocycles. The van der Waals surface area contributed by atoms with E-state index in [1.54, 1.807) is 14.0 Å². The van der Waals surface area contributed by atoms with Gasteiger partial charge in [0.2, 0.25) is 5.91 Å². The lowest BCUT2D eigenvalue weighted by Gasteiger charge is -2.39. The molecule has 0 unspecified atom stereocenters. The molecule has 8 heteroatoms. The lowest BCUT2D eigenvalue weighted by molar-refractivity contribution is -0.152. The first-order valence-electron chi connectivity index (χ1n) is 11.7. The van der Waals surface area contributed by atoms with Crippen LogP contribution in [-0.4, -0.2) is 60.8 Å². The third-order valence-corrected chi connectivity index (χ3v) is 6.36. The Hall–Kier alpha value is -2.00. The first-order chi connectivity index (χ1) is 15.5. The van der Waals surface area contributed by atoms with Crippen LogP contribution >= 0.6 is 0 Å². The van der Waals surface area contributed by atoms with Crippen LogP contribution in [0.5, 0.6) is 0 Å². The number of para-hydroxylation sites is 1. The van der Waals surface area contributed by atoms with Crippen LogP contribution < -0.4 is 10.6 Å². The standard InChI is InChI=1S/C25H40N2O6/c1-6-33-24(32-5)18-12-17-9-7-8-10-20(17)27(15-18)22(29)14-25(3,4)13-19(26)21(28)11-16(2)23(30)31/h7-10,16,18-19,21,24,28H,6,11-15,26H2,1-5H3,(H,30,31)/t16-,18+,19+,21+,24-/m1/s1. The summed E-state index contributed by atoms with van der Waals surface area (Å²) >= 11 is 0. The van der Waals surface area contributed by atoms with Gasteiger partial charge in [-0.15, -0.1) is 0 Å². The number of anilines is 1. The van der Waals surface area contributed by atoms with E-state index in [0.717, 1.165) is 17.7 Å². The first kappa shape index (κ1) is 27.2. The van der Waals surface area contributed by atoms with Gasteiger partial charge in [0.05, 0.1) is 12.0 Å². The normalized spacial score (nSPS) is 20.0. The van der Waals surface area contributed by atoms with Crippen LogP contribution in [0.2, 0.25) is 0 Å². The van der Waals surface area contributed by atoms with Crippen LogP contribution in [0.3, 0.4) is 0 Å². The molecule has 0 aromatic heterocycles. The predicted molar refractivity (Wildman–Crippen MR) is 127 cm³/mol. The fourth-order valence-corrected chi connectivity index (χ4v) is 4.59. The highest BCUT2D eigenvalue weighted by Gasteiger charge is 2.36. The third-order valence-electron chi connectivity index (χ3n) is 6.36. The fraction of sp³-hybridized carbons (Fsp3) is 0.680. The van der Waals surface area contributed by atoms with Crippen LogP contribution in [0.25, 0.3) is 0 Å². The molecule has 1 aromatic rings. The van der Waals surface area contributed by atoms with Gasteiger partial charge < -0.3 is 30.3 Å². The number of carboxylic acids is 1. The van der Waals surface area contributed by atoms with Crippen molar-refractivity contribution in [3.63, 3.8) is 0 Å². The molecular formula is C25H40N2O6. The number of carboxylic acid groups (broad SMARTS) is 1. The molecule has 1 amide bonds. The first-order valence-corrected chi connectivity index (χ1v) is 11.7. The van der Waals surface area contributed by atoms with Gasteiger partial charge in [-0.2, -0.15) is 0 Å². The maximum absolute atomic E-state index is 13.5. The number of carbonyl (C=O) groups excluding carboxylic acids is 1. The lowest BCUT2D eigenvalue weighted by atomic mass is 9.79. The zero-order chi connectivity index (χ0) is 24.8. The number of fused-ring (bicyclic) bond motifs is 1. The number of amides is 1. The molecular weight excluding hydrogens is 424 g/mol. The molecule has 1 heterocycles. The molecule has 0 fully saturated rings. The minimum absolute atomic E-state index is 0.0125. The Bertz CT molecular complexity index is 799. The molecule has 1 aromatic carbocycles. The Morgan fingerprint density at radius 2 is 1.97 bits per heavy atom. The molecule has 8 nitrogen and oxygen atoms in total. The average Bonchev–Trinajstić information content (AvgIpc) is 2.75. The van der Waals surface area contributed by atoms with Crippen molar-refractivity contribution in [2.75, 3.05) is 25.2 Å². The SMILES string of the molecule is CCO[C@@H](OC)[C@H]1Cc2ccccc2N(C(=O)CC(C)(C)C[C@H](N)[C@@H](O)C[C@@H](C)C(=O)O)C1. The molecule has 5 atom stereocenters. The summed E-state index contributed by atoms with van der Waals surface area (Å²) in [6.07, 6.45) is 0.142. The number of nitrogens with zero attached hydrogens (tertiary/aromatic N) is 1. The second-order valence-electron chi connectivity index (χ2n) is 9.91. The van der Waals surface area contributed by atoms with Gasteiger partial charge in [-0.3, -0.25) is 9.59 Å². The summed E-state index contributed by atoms with van der Waals surface area (Å²) in [7, 11) is 1.62. The summed E-state index contributed by atoms with van der Waals surface area (Å²) in [4.78, 5) is 26.4. The van der Waals surface area contributed by atoms with Crippen LogP contribution in [0, 0.1) is 17.3 Å². The van der Waals surface area contributed by atoms with Crippen LogP contribution in [0.4, 0.5) is 5.69 Å². The van der Waals surface area contributed by atoms with Crippen molar-refractivity contribution in [3.8, 4) is 0 Å². The summed E-state index contributed by atoms with van der Waals surface area (Å²) in [6.45, 7) is 8.39. The molecule has 0 aliphatic carbocycles. The van der Waals surface area contributed by atoms with E-state index in [4.69, 9.17) is 20.3 Å². The molecule has 33 heavy (non-hydrogen) atoms. The van der Waals surface area contributed by atoms with Gasteiger partial charge in [-0.05, 0) is 43.2 Å². The highest BCUT2D eigenvalue weighted by atomic mass is 16.7. The second-order valence-corrected chi connectivity index (χ2v) is 9.91. The highest BCUT2D eigenvalue weighted by Crippen LogP contribution is 2.35. The fourth-order valence-electron chi connectivity index (χ4n) is 4.59. The van der Waals surface area contributed by atoms with Crippen molar-refractivity contribution < 1.29 is 29.3 Å². The predicted octanol–water partition coefficient (Wildman–Crippen LogP) is 2.81. The summed E-state index contributed by atoms with van der Waals surface area (Å²) in [6, 6.07) is 7.27. The average molecular weight is 465 g/mol. The Morgan fingerprint density at radius 1 is 1.30 bits per heavy atom. The number of aliphatic hydroxyl groups is 1. The van der Waals surface area contributed by atoms with E-state index in [2.05, 4.69) is 0 Å². The zero-order valence-electron chi connectivity index (χ0n) is 20.5. The van der Waals surface area contributed by atoms with Crippen molar-refractivity contribution in [1.29, 1.82) is 0 Å². The molecule has 2 rings (SSSR count). The number of aliphatic carboxylic acids is 1. The van der Waals surface area contributed by atoms with Gasteiger partial charge in [-0.25, -0.2) is 0 Å². The number of carbonyl (C=O) groups is 2. The van der Waals surface area contributed by atoms with Gasteiger partial charge in [0.1, 0.15) is 0 Å². The highest BCUT2D eigenvalue weighted by molar-refractivity contribution is 5.95. The summed E-state index contributed by atoms with van der Waals surface area (Å²) in [5, 5.41) is 19.5. The number of ether oxygens (including phenoxy) is 2. The van der Waals surface area contributed by atoms with E-state index in [1.807, 2.05) is 49.9 Å². The molecule has 4 N–H and O–H groups in total. The van der Waals surface area contributed by atoms with E-state index >= 15 is 0 Å². The molecule has 0 radical (unpaired) electrons. The molecule has 0 saturated heterocycles. The summed E-state index contributed by atoms with van der Waals surface area (Å²) in [5.74, 6) is -1.66. The van der Waals surface area contributed by atoms with Gasteiger partial charge >= 0.3 is 5.97 Å². The zero-order valence-corrected chi connectivity index (χ0v) is 20.5. The number of hydrogen-bond acceptors (Lipinski definition) is 6. The number of rotatable bonds is 12. The Balaban J connectivity index is 2.12. The Kier molecular flexibility index (Phi) is 9.84. The maximum atomic E-state index is 13.5. The minimum Gasteiger partial charge on any atom is -0.481 e. The van der Waals surface area contributed by atoms with E-state index in [0.29, 0.717) is 19.6 Å². The molecule has 1 aliphatic rings. The van der Waals surface area contributed by atoms with E-state index < -0.39 is 35.7 Å². The number of aliphatic hydroxyl groups excluding tert-OH is 1. The van der Waals surface area contributed by atoms with Crippen molar-refractivity contribution in [3.05, 3.63) is 29.8 Å².